The minimum Gasteiger partial charge on any atom is -0.293 e. The van der Waals surface area contributed by atoms with Crippen molar-refractivity contribution in [3.8, 4) is 0 Å². The molecule has 0 aromatic heterocycles. The van der Waals surface area contributed by atoms with E-state index >= 15 is 0 Å². The molecule has 2 aliphatic rings. The summed E-state index contributed by atoms with van der Waals surface area (Å²) in [7, 11) is 1.05. The number of alkyl halides is 6. The van der Waals surface area contributed by atoms with Gasteiger partial charge in [0.05, 0.1) is 17.0 Å². The highest BCUT2D eigenvalue weighted by molar-refractivity contribution is 6.26. The van der Waals surface area contributed by atoms with Gasteiger partial charge >= 0.3 is 12.4 Å². The van der Waals surface area contributed by atoms with Gasteiger partial charge in [-0.1, -0.05) is 18.2 Å². The molecule has 2 aromatic carbocycles. The molecule has 33 heavy (non-hydrogen) atoms. The van der Waals surface area contributed by atoms with Crippen molar-refractivity contribution in [2.75, 3.05) is 7.05 Å². The number of nitrogens with zero attached hydrogens (tertiary/aromatic N) is 1. The van der Waals surface area contributed by atoms with Gasteiger partial charge in [-0.2, -0.15) is 26.3 Å². The van der Waals surface area contributed by atoms with Crippen molar-refractivity contribution in [3.05, 3.63) is 69.8 Å². The van der Waals surface area contributed by atoms with Gasteiger partial charge in [0.1, 0.15) is 0 Å². The lowest BCUT2D eigenvalue weighted by molar-refractivity contribution is -0.288. The Kier molecular flexibility index (Phi) is 4.64. The molecule has 0 spiro atoms. The van der Waals surface area contributed by atoms with E-state index in [4.69, 9.17) is 0 Å². The van der Waals surface area contributed by atoms with Crippen LogP contribution in [-0.4, -0.2) is 47.7 Å². The average Bonchev–Trinajstić information content (AvgIpc) is 3.06. The standard InChI is InChI=1S/C22H13F6NO4/c1-9-16(30)12-5-3-10(7-14(12)17(9)31)20(21(23,24)25,22(26,27)28)11-4-6-13-15(8-11)19(33)29(2)18(13)32/h3-9H,1-2H3. The Morgan fingerprint density at radius 3 is 1.61 bits per heavy atom. The van der Waals surface area contributed by atoms with Crippen LogP contribution in [0.25, 0.3) is 0 Å². The number of amides is 2. The van der Waals surface area contributed by atoms with E-state index in [1.165, 1.54) is 6.92 Å². The second kappa shape index (κ2) is 6.75. The van der Waals surface area contributed by atoms with E-state index in [1.807, 2.05) is 0 Å². The smallest absolute Gasteiger partial charge is 0.293 e. The molecule has 1 aliphatic carbocycles. The number of fused-ring (bicyclic) bond motifs is 2. The summed E-state index contributed by atoms with van der Waals surface area (Å²) in [5.74, 6) is -4.71. The van der Waals surface area contributed by atoms with E-state index in [2.05, 4.69) is 0 Å². The van der Waals surface area contributed by atoms with Crippen molar-refractivity contribution < 1.29 is 45.5 Å². The number of imide groups is 1. The van der Waals surface area contributed by atoms with Gasteiger partial charge in [-0.3, -0.25) is 24.1 Å². The fraction of sp³-hybridized carbons (Fsp3) is 0.273. The van der Waals surface area contributed by atoms with E-state index in [0.29, 0.717) is 29.2 Å². The molecule has 1 atom stereocenters. The number of Topliss-reactive ketones (excluding diaryl/α,β-unsaturated/α-hetero) is 2. The number of carbonyl (C=O) groups is 4. The molecular formula is C22H13F6NO4. The van der Waals surface area contributed by atoms with E-state index in [9.17, 15) is 45.5 Å². The molecule has 1 heterocycles. The van der Waals surface area contributed by atoms with E-state index < -0.39 is 69.3 Å². The summed E-state index contributed by atoms with van der Waals surface area (Å²) in [6.45, 7) is 1.21. The first kappa shape index (κ1) is 22.7. The van der Waals surface area contributed by atoms with Crippen molar-refractivity contribution in [1.29, 1.82) is 0 Å². The first-order chi connectivity index (χ1) is 15.1. The Labute approximate surface area is 182 Å². The molecule has 0 N–H and O–H groups in total. The molecule has 0 saturated heterocycles. The SMILES string of the molecule is CC1C(=O)c2ccc(C(c3ccc4c(c3)C(=O)N(C)C4=O)(C(F)(F)F)C(F)(F)F)cc2C1=O. The van der Waals surface area contributed by atoms with Crippen molar-refractivity contribution in [3.63, 3.8) is 0 Å². The zero-order chi connectivity index (χ0) is 24.7. The fourth-order valence-electron chi connectivity index (χ4n) is 4.36. The first-order valence-electron chi connectivity index (χ1n) is 9.48. The van der Waals surface area contributed by atoms with Crippen LogP contribution >= 0.6 is 0 Å². The molecule has 1 unspecified atom stereocenters. The lowest BCUT2D eigenvalue weighted by Crippen LogP contribution is -2.55. The van der Waals surface area contributed by atoms with Gasteiger partial charge in [0.25, 0.3) is 11.8 Å². The van der Waals surface area contributed by atoms with E-state index in [0.717, 1.165) is 19.2 Å². The van der Waals surface area contributed by atoms with Gasteiger partial charge in [-0.25, -0.2) is 0 Å². The third-order valence-electron chi connectivity index (χ3n) is 6.14. The van der Waals surface area contributed by atoms with Crippen LogP contribution in [0.15, 0.2) is 36.4 Å². The number of benzene rings is 2. The Bertz CT molecular complexity index is 1160. The van der Waals surface area contributed by atoms with Crippen LogP contribution in [0.5, 0.6) is 0 Å². The molecule has 5 nitrogen and oxygen atoms in total. The van der Waals surface area contributed by atoms with Gasteiger partial charge in [0.2, 0.25) is 5.41 Å². The molecule has 11 heteroatoms. The largest absolute Gasteiger partial charge is 0.411 e. The molecular weight excluding hydrogens is 456 g/mol. The van der Waals surface area contributed by atoms with Crippen LogP contribution in [0.4, 0.5) is 26.3 Å². The molecule has 4 rings (SSSR count). The second-order valence-corrected chi connectivity index (χ2v) is 7.89. The molecule has 0 bridgehead atoms. The van der Waals surface area contributed by atoms with E-state index in [-0.39, 0.29) is 11.1 Å². The Morgan fingerprint density at radius 1 is 0.667 bits per heavy atom. The highest BCUT2D eigenvalue weighted by atomic mass is 19.4. The monoisotopic (exact) mass is 469 g/mol. The summed E-state index contributed by atoms with van der Waals surface area (Å²) in [6.07, 6.45) is -11.9. The molecule has 0 saturated carbocycles. The third-order valence-corrected chi connectivity index (χ3v) is 6.14. The molecule has 2 amide bonds. The van der Waals surface area contributed by atoms with Crippen LogP contribution < -0.4 is 0 Å². The van der Waals surface area contributed by atoms with Crippen LogP contribution in [0.1, 0.15) is 59.5 Å². The molecule has 172 valence electrons. The summed E-state index contributed by atoms with van der Waals surface area (Å²) in [6, 6.07) is 3.36. The quantitative estimate of drug-likeness (QED) is 0.373. The van der Waals surface area contributed by atoms with Gasteiger partial charge in [0.15, 0.2) is 11.6 Å². The van der Waals surface area contributed by atoms with Crippen LogP contribution in [0.3, 0.4) is 0 Å². The minimum absolute atomic E-state index is 0.258. The van der Waals surface area contributed by atoms with Crippen LogP contribution in [0.2, 0.25) is 0 Å². The fourth-order valence-corrected chi connectivity index (χ4v) is 4.36. The number of ketones is 2. The maximum atomic E-state index is 14.4. The maximum Gasteiger partial charge on any atom is 0.411 e. The van der Waals surface area contributed by atoms with Gasteiger partial charge in [-0.15, -0.1) is 0 Å². The van der Waals surface area contributed by atoms with Crippen molar-refractivity contribution >= 4 is 23.4 Å². The predicted molar refractivity (Wildman–Crippen MR) is 100 cm³/mol. The first-order valence-corrected chi connectivity index (χ1v) is 9.48. The highest BCUT2D eigenvalue weighted by Crippen LogP contribution is 2.57. The second-order valence-electron chi connectivity index (χ2n) is 7.89. The van der Waals surface area contributed by atoms with Gasteiger partial charge in [-0.05, 0) is 36.2 Å². The molecule has 1 aliphatic heterocycles. The number of halogens is 6. The lowest BCUT2D eigenvalue weighted by atomic mass is 9.71. The maximum absolute atomic E-state index is 14.4. The normalized spacial score (nSPS) is 18.8. The number of hydrogen-bond donors (Lipinski definition) is 0. The van der Waals surface area contributed by atoms with Crippen LogP contribution in [-0.2, 0) is 5.41 Å². The zero-order valence-corrected chi connectivity index (χ0v) is 16.9. The van der Waals surface area contributed by atoms with E-state index in [1.54, 1.807) is 0 Å². The molecule has 0 fully saturated rings. The summed E-state index contributed by atoms with van der Waals surface area (Å²) in [4.78, 5) is 49.3. The number of rotatable bonds is 2. The predicted octanol–water partition coefficient (Wildman–Crippen LogP) is 4.34. The summed E-state index contributed by atoms with van der Waals surface area (Å²) >= 11 is 0. The minimum atomic E-state index is -5.97. The Morgan fingerprint density at radius 2 is 1.09 bits per heavy atom. The number of hydrogen-bond acceptors (Lipinski definition) is 4. The third kappa shape index (κ3) is 2.80. The average molecular weight is 469 g/mol. The molecule has 0 radical (unpaired) electrons. The Hall–Kier alpha value is -3.50. The van der Waals surface area contributed by atoms with Crippen molar-refractivity contribution in [2.45, 2.75) is 24.7 Å². The lowest BCUT2D eigenvalue weighted by Gasteiger charge is -2.38. The van der Waals surface area contributed by atoms with Crippen molar-refractivity contribution in [1.82, 2.24) is 4.90 Å². The highest BCUT2D eigenvalue weighted by Gasteiger charge is 2.73. The number of carbonyl (C=O) groups excluding carboxylic acids is 4. The Balaban J connectivity index is 2.06. The summed E-state index contributed by atoms with van der Waals surface area (Å²) in [5, 5.41) is 0. The zero-order valence-electron chi connectivity index (χ0n) is 16.9. The summed E-state index contributed by atoms with van der Waals surface area (Å²) in [5.41, 5.74) is -9.03. The topological polar surface area (TPSA) is 71.5 Å². The van der Waals surface area contributed by atoms with Gasteiger partial charge < -0.3 is 0 Å². The molecule has 2 aromatic rings. The summed E-state index contributed by atoms with van der Waals surface area (Å²) < 4.78 is 86.5. The van der Waals surface area contributed by atoms with Crippen molar-refractivity contribution in [2.24, 2.45) is 5.92 Å². The van der Waals surface area contributed by atoms with Gasteiger partial charge in [0, 0.05) is 18.2 Å². The van der Waals surface area contributed by atoms with Crippen LogP contribution in [0, 0.1) is 5.92 Å².